The minimum Gasteiger partial charge on any atom is -0.478 e. The Morgan fingerprint density at radius 1 is 1.24 bits per heavy atom. The Labute approximate surface area is 99.5 Å². The fraction of sp³-hybridized carbons (Fsp3) is 0.231. The molecule has 0 aliphatic heterocycles. The van der Waals surface area contributed by atoms with Crippen molar-refractivity contribution in [2.24, 2.45) is 0 Å². The Bertz CT molecular complexity index is 585. The van der Waals surface area contributed by atoms with Gasteiger partial charge in [0, 0.05) is 5.69 Å². The molecule has 0 amide bonds. The molecule has 0 aliphatic rings. The zero-order valence-electron chi connectivity index (χ0n) is 10.1. The molecular weight excluding hydrogens is 216 g/mol. The van der Waals surface area contributed by atoms with Gasteiger partial charge in [-0.2, -0.15) is 5.10 Å². The molecule has 0 saturated heterocycles. The average molecular weight is 230 g/mol. The van der Waals surface area contributed by atoms with E-state index in [1.165, 1.54) is 0 Å². The van der Waals surface area contributed by atoms with Crippen LogP contribution in [0.4, 0.5) is 0 Å². The third kappa shape index (κ3) is 2.06. The first kappa shape index (κ1) is 11.4. The van der Waals surface area contributed by atoms with Crippen LogP contribution in [0.15, 0.2) is 24.3 Å². The highest BCUT2D eigenvalue weighted by Crippen LogP contribution is 2.18. The molecule has 0 radical (unpaired) electrons. The lowest BCUT2D eigenvalue weighted by atomic mass is 10.1. The first-order valence-electron chi connectivity index (χ1n) is 5.36. The zero-order valence-corrected chi connectivity index (χ0v) is 10.1. The molecule has 1 heterocycles. The largest absolute Gasteiger partial charge is 0.478 e. The molecule has 0 fully saturated rings. The molecule has 0 saturated carbocycles. The van der Waals surface area contributed by atoms with Crippen molar-refractivity contribution in [2.45, 2.75) is 20.8 Å². The second kappa shape index (κ2) is 4.05. The van der Waals surface area contributed by atoms with Gasteiger partial charge in [0.2, 0.25) is 0 Å². The smallest absolute Gasteiger partial charge is 0.337 e. The maximum Gasteiger partial charge on any atom is 0.337 e. The highest BCUT2D eigenvalue weighted by molar-refractivity contribution is 5.92. The highest BCUT2D eigenvalue weighted by atomic mass is 16.4. The van der Waals surface area contributed by atoms with Gasteiger partial charge in [0.25, 0.3) is 0 Å². The molecule has 1 N–H and O–H groups in total. The molecule has 1 aromatic heterocycles. The summed E-state index contributed by atoms with van der Waals surface area (Å²) in [5.41, 5.74) is 3.60. The van der Waals surface area contributed by atoms with Crippen LogP contribution in [0.2, 0.25) is 0 Å². The monoisotopic (exact) mass is 230 g/mol. The van der Waals surface area contributed by atoms with Crippen molar-refractivity contribution in [3.8, 4) is 5.69 Å². The molecule has 2 rings (SSSR count). The van der Waals surface area contributed by atoms with Crippen molar-refractivity contribution in [3.63, 3.8) is 0 Å². The minimum absolute atomic E-state index is 0.274. The summed E-state index contributed by atoms with van der Waals surface area (Å²) in [5.74, 6) is -0.934. The third-order valence-corrected chi connectivity index (χ3v) is 2.62. The van der Waals surface area contributed by atoms with Gasteiger partial charge < -0.3 is 5.11 Å². The predicted molar refractivity (Wildman–Crippen MR) is 64.7 cm³/mol. The Morgan fingerprint density at radius 2 is 1.94 bits per heavy atom. The van der Waals surface area contributed by atoms with Crippen molar-refractivity contribution in [3.05, 3.63) is 46.8 Å². The Hall–Kier alpha value is -2.10. The van der Waals surface area contributed by atoms with Crippen LogP contribution < -0.4 is 0 Å². The zero-order chi connectivity index (χ0) is 12.6. The van der Waals surface area contributed by atoms with Gasteiger partial charge in [-0.25, -0.2) is 9.48 Å². The number of aromatic carboxylic acids is 1. The SMILES string of the molecule is Cc1ccc(-n2nc(C)cc2C)c(C(=O)O)c1. The van der Waals surface area contributed by atoms with Crippen molar-refractivity contribution < 1.29 is 9.90 Å². The molecule has 0 atom stereocenters. The van der Waals surface area contributed by atoms with Crippen LogP contribution in [0, 0.1) is 20.8 Å². The van der Waals surface area contributed by atoms with Crippen LogP contribution in [0.25, 0.3) is 5.69 Å². The van der Waals surface area contributed by atoms with Gasteiger partial charge >= 0.3 is 5.97 Å². The van der Waals surface area contributed by atoms with Gasteiger partial charge in [0.1, 0.15) is 0 Å². The maximum atomic E-state index is 11.2. The summed E-state index contributed by atoms with van der Waals surface area (Å²) in [6.45, 7) is 5.67. The van der Waals surface area contributed by atoms with E-state index in [9.17, 15) is 9.90 Å². The highest BCUT2D eigenvalue weighted by Gasteiger charge is 2.14. The minimum atomic E-state index is -0.934. The Morgan fingerprint density at radius 3 is 2.47 bits per heavy atom. The summed E-state index contributed by atoms with van der Waals surface area (Å²) in [4.78, 5) is 11.2. The number of rotatable bonds is 2. The van der Waals surface area contributed by atoms with E-state index in [-0.39, 0.29) is 5.56 Å². The number of aryl methyl sites for hydroxylation is 3. The molecule has 4 nitrogen and oxygen atoms in total. The number of hydrogen-bond donors (Lipinski definition) is 1. The predicted octanol–water partition coefficient (Wildman–Crippen LogP) is 2.50. The number of nitrogens with zero attached hydrogens (tertiary/aromatic N) is 2. The second-order valence-electron chi connectivity index (χ2n) is 4.16. The molecule has 0 bridgehead atoms. The fourth-order valence-corrected chi connectivity index (χ4v) is 1.88. The van der Waals surface area contributed by atoms with Crippen molar-refractivity contribution >= 4 is 5.97 Å². The standard InChI is InChI=1S/C13H14N2O2/c1-8-4-5-12(11(6-8)13(16)17)15-10(3)7-9(2)14-15/h4-7H,1-3H3,(H,16,17). The number of carboxylic acid groups (broad SMARTS) is 1. The van der Waals surface area contributed by atoms with E-state index in [2.05, 4.69) is 5.10 Å². The molecular formula is C13H14N2O2. The second-order valence-corrected chi connectivity index (χ2v) is 4.16. The normalized spacial score (nSPS) is 10.5. The lowest BCUT2D eigenvalue weighted by Gasteiger charge is -2.09. The van der Waals surface area contributed by atoms with Gasteiger partial charge in [-0.3, -0.25) is 0 Å². The number of benzene rings is 1. The van der Waals surface area contributed by atoms with Crippen LogP contribution in [-0.4, -0.2) is 20.9 Å². The van der Waals surface area contributed by atoms with Gasteiger partial charge in [0.15, 0.2) is 0 Å². The van der Waals surface area contributed by atoms with Crippen LogP contribution in [0.3, 0.4) is 0 Å². The number of aromatic nitrogens is 2. The molecule has 88 valence electrons. The topological polar surface area (TPSA) is 55.1 Å². The van der Waals surface area contributed by atoms with Crippen molar-refractivity contribution in [1.82, 2.24) is 9.78 Å². The van der Waals surface area contributed by atoms with Crippen LogP contribution >= 0.6 is 0 Å². The van der Waals surface area contributed by atoms with Crippen LogP contribution in [0.1, 0.15) is 27.3 Å². The Kier molecular flexibility index (Phi) is 2.71. The molecule has 4 heteroatoms. The molecule has 1 aromatic carbocycles. The molecule has 0 unspecified atom stereocenters. The maximum absolute atomic E-state index is 11.2. The van der Waals surface area contributed by atoms with E-state index >= 15 is 0 Å². The first-order valence-corrected chi connectivity index (χ1v) is 5.36. The van der Waals surface area contributed by atoms with Gasteiger partial charge in [-0.1, -0.05) is 11.6 Å². The molecule has 17 heavy (non-hydrogen) atoms. The van der Waals surface area contributed by atoms with E-state index in [4.69, 9.17) is 0 Å². The summed E-state index contributed by atoms with van der Waals surface area (Å²) < 4.78 is 1.66. The van der Waals surface area contributed by atoms with Crippen LogP contribution in [0.5, 0.6) is 0 Å². The molecule has 0 spiro atoms. The van der Waals surface area contributed by atoms with Crippen molar-refractivity contribution in [1.29, 1.82) is 0 Å². The van der Waals surface area contributed by atoms with Crippen molar-refractivity contribution in [2.75, 3.05) is 0 Å². The third-order valence-electron chi connectivity index (χ3n) is 2.62. The number of carbonyl (C=O) groups is 1. The van der Waals surface area contributed by atoms with E-state index in [0.29, 0.717) is 5.69 Å². The van der Waals surface area contributed by atoms with E-state index in [0.717, 1.165) is 17.0 Å². The summed E-state index contributed by atoms with van der Waals surface area (Å²) in [7, 11) is 0. The lowest BCUT2D eigenvalue weighted by Crippen LogP contribution is -2.08. The first-order chi connectivity index (χ1) is 7.99. The summed E-state index contributed by atoms with van der Waals surface area (Å²) in [6.07, 6.45) is 0. The van der Waals surface area contributed by atoms with Gasteiger partial charge in [-0.05, 0) is 39.0 Å². The fourth-order valence-electron chi connectivity index (χ4n) is 1.88. The number of hydrogen-bond acceptors (Lipinski definition) is 2. The summed E-state index contributed by atoms with van der Waals surface area (Å²) >= 11 is 0. The van der Waals surface area contributed by atoms with Gasteiger partial charge in [-0.15, -0.1) is 0 Å². The van der Waals surface area contributed by atoms with E-state index in [1.54, 1.807) is 16.8 Å². The van der Waals surface area contributed by atoms with E-state index < -0.39 is 5.97 Å². The number of carboxylic acids is 1. The van der Waals surface area contributed by atoms with Crippen LogP contribution in [-0.2, 0) is 0 Å². The summed E-state index contributed by atoms with van der Waals surface area (Å²) in [6, 6.07) is 7.26. The average Bonchev–Trinajstić information content (AvgIpc) is 2.57. The quantitative estimate of drug-likeness (QED) is 0.862. The summed E-state index contributed by atoms with van der Waals surface area (Å²) in [5, 5.41) is 13.5. The molecule has 0 aliphatic carbocycles. The van der Waals surface area contributed by atoms with Gasteiger partial charge in [0.05, 0.1) is 16.9 Å². The lowest BCUT2D eigenvalue weighted by molar-refractivity contribution is 0.0696. The van der Waals surface area contributed by atoms with E-state index in [1.807, 2.05) is 32.9 Å². The molecule has 2 aromatic rings. The Balaban J connectivity index is 2.67.